The van der Waals surface area contributed by atoms with Crippen LogP contribution in [-0.4, -0.2) is 43.2 Å². The van der Waals surface area contributed by atoms with Crippen LogP contribution in [0.1, 0.15) is 32.6 Å². The summed E-state index contributed by atoms with van der Waals surface area (Å²) in [4.78, 5) is 13.7. The van der Waals surface area contributed by atoms with Crippen LogP contribution in [0.3, 0.4) is 0 Å². The Hall–Kier alpha value is -0.610. The monoisotopic (exact) mass is 214 g/mol. The van der Waals surface area contributed by atoms with Crippen molar-refractivity contribution in [2.24, 2.45) is 5.73 Å². The Bertz CT molecular complexity index is 197. The van der Waals surface area contributed by atoms with E-state index >= 15 is 0 Å². The quantitative estimate of drug-likeness (QED) is 0.687. The molecule has 1 rings (SSSR count). The Balaban J connectivity index is 2.34. The van der Waals surface area contributed by atoms with Gasteiger partial charge in [0.15, 0.2) is 0 Å². The largest absolute Gasteiger partial charge is 0.372 e. The molecule has 0 bridgehead atoms. The van der Waals surface area contributed by atoms with Crippen LogP contribution in [0, 0.1) is 0 Å². The van der Waals surface area contributed by atoms with Crippen molar-refractivity contribution in [2.45, 2.75) is 38.6 Å². The van der Waals surface area contributed by atoms with Gasteiger partial charge in [0.25, 0.3) is 0 Å². The third-order valence-corrected chi connectivity index (χ3v) is 2.79. The SMILES string of the molecule is CCCOCC(=O)N1CCCCC1CN. The van der Waals surface area contributed by atoms with E-state index in [0.29, 0.717) is 13.2 Å². The molecule has 4 heteroatoms. The minimum Gasteiger partial charge on any atom is -0.372 e. The third-order valence-electron chi connectivity index (χ3n) is 2.79. The van der Waals surface area contributed by atoms with Gasteiger partial charge in [-0.1, -0.05) is 6.92 Å². The van der Waals surface area contributed by atoms with Gasteiger partial charge in [0.05, 0.1) is 0 Å². The van der Waals surface area contributed by atoms with E-state index in [1.54, 1.807) is 0 Å². The minimum absolute atomic E-state index is 0.0959. The van der Waals surface area contributed by atoms with E-state index in [9.17, 15) is 4.79 Å². The van der Waals surface area contributed by atoms with Gasteiger partial charge in [-0.2, -0.15) is 0 Å². The summed E-state index contributed by atoms with van der Waals surface area (Å²) in [5.41, 5.74) is 5.65. The Kier molecular flexibility index (Phi) is 5.65. The van der Waals surface area contributed by atoms with Crippen molar-refractivity contribution in [2.75, 3.05) is 26.3 Å². The highest BCUT2D eigenvalue weighted by Crippen LogP contribution is 2.16. The first-order valence-corrected chi connectivity index (χ1v) is 5.86. The third kappa shape index (κ3) is 3.80. The Morgan fingerprint density at radius 1 is 1.53 bits per heavy atom. The Morgan fingerprint density at radius 3 is 3.00 bits per heavy atom. The van der Waals surface area contributed by atoms with Gasteiger partial charge in [0.1, 0.15) is 6.61 Å². The Morgan fingerprint density at radius 2 is 2.33 bits per heavy atom. The lowest BCUT2D eigenvalue weighted by Gasteiger charge is -2.35. The van der Waals surface area contributed by atoms with E-state index in [1.807, 2.05) is 11.8 Å². The molecule has 0 spiro atoms. The second kappa shape index (κ2) is 6.80. The number of nitrogens with two attached hydrogens (primary N) is 1. The number of carbonyl (C=O) groups excluding carboxylic acids is 1. The first kappa shape index (κ1) is 12.5. The van der Waals surface area contributed by atoms with E-state index in [-0.39, 0.29) is 18.6 Å². The highest BCUT2D eigenvalue weighted by molar-refractivity contribution is 5.77. The molecule has 0 aromatic rings. The van der Waals surface area contributed by atoms with Gasteiger partial charge >= 0.3 is 0 Å². The van der Waals surface area contributed by atoms with E-state index in [0.717, 1.165) is 25.8 Å². The molecule has 0 saturated carbocycles. The van der Waals surface area contributed by atoms with Gasteiger partial charge in [-0.25, -0.2) is 0 Å². The fourth-order valence-electron chi connectivity index (χ4n) is 1.96. The van der Waals surface area contributed by atoms with Gasteiger partial charge < -0.3 is 15.4 Å². The van der Waals surface area contributed by atoms with Crippen LogP contribution in [0.2, 0.25) is 0 Å². The van der Waals surface area contributed by atoms with Crippen LogP contribution in [-0.2, 0) is 9.53 Å². The molecule has 0 radical (unpaired) electrons. The summed E-state index contributed by atoms with van der Waals surface area (Å²) in [6.45, 7) is 4.32. The number of amides is 1. The van der Waals surface area contributed by atoms with Crippen LogP contribution in [0.25, 0.3) is 0 Å². The van der Waals surface area contributed by atoms with Gasteiger partial charge in [-0.3, -0.25) is 4.79 Å². The summed E-state index contributed by atoms with van der Waals surface area (Å²) in [5.74, 6) is 0.0959. The maximum atomic E-state index is 11.8. The van der Waals surface area contributed by atoms with Crippen molar-refractivity contribution in [3.05, 3.63) is 0 Å². The molecule has 1 aliphatic rings. The van der Waals surface area contributed by atoms with Gasteiger partial charge in [-0.15, -0.1) is 0 Å². The molecule has 1 aliphatic heterocycles. The van der Waals surface area contributed by atoms with Crippen molar-refractivity contribution < 1.29 is 9.53 Å². The van der Waals surface area contributed by atoms with Crippen LogP contribution in [0.15, 0.2) is 0 Å². The molecular formula is C11H22N2O2. The molecule has 1 atom stereocenters. The fraction of sp³-hybridized carbons (Fsp3) is 0.909. The molecule has 1 fully saturated rings. The zero-order valence-corrected chi connectivity index (χ0v) is 9.58. The highest BCUT2D eigenvalue weighted by atomic mass is 16.5. The molecule has 88 valence electrons. The molecule has 1 unspecified atom stereocenters. The molecule has 0 aromatic heterocycles. The number of hydrogen-bond acceptors (Lipinski definition) is 3. The van der Waals surface area contributed by atoms with E-state index in [1.165, 1.54) is 6.42 Å². The summed E-state index contributed by atoms with van der Waals surface area (Å²) in [7, 11) is 0. The van der Waals surface area contributed by atoms with Crippen LogP contribution < -0.4 is 5.73 Å². The standard InChI is InChI=1S/C11H22N2O2/c1-2-7-15-9-11(14)13-6-4-3-5-10(13)8-12/h10H,2-9,12H2,1H3. The maximum absolute atomic E-state index is 11.8. The van der Waals surface area contributed by atoms with Gasteiger partial charge in [0, 0.05) is 25.7 Å². The van der Waals surface area contributed by atoms with Crippen molar-refractivity contribution >= 4 is 5.91 Å². The molecular weight excluding hydrogens is 192 g/mol. The number of likely N-dealkylation sites (tertiary alicyclic amines) is 1. The van der Waals surface area contributed by atoms with Crippen molar-refractivity contribution in [1.29, 1.82) is 0 Å². The highest BCUT2D eigenvalue weighted by Gasteiger charge is 2.25. The zero-order chi connectivity index (χ0) is 11.1. The molecule has 1 amide bonds. The molecule has 0 aromatic carbocycles. The average molecular weight is 214 g/mol. The smallest absolute Gasteiger partial charge is 0.248 e. The molecule has 2 N–H and O–H groups in total. The predicted octanol–water partition coefficient (Wildman–Crippen LogP) is 0.753. The summed E-state index contributed by atoms with van der Waals surface area (Å²) >= 11 is 0. The van der Waals surface area contributed by atoms with Crippen LogP contribution in [0.5, 0.6) is 0 Å². The summed E-state index contributed by atoms with van der Waals surface area (Å²) in [5, 5.41) is 0. The van der Waals surface area contributed by atoms with Crippen molar-refractivity contribution in [3.8, 4) is 0 Å². The van der Waals surface area contributed by atoms with Crippen molar-refractivity contribution in [1.82, 2.24) is 4.90 Å². The number of hydrogen-bond donors (Lipinski definition) is 1. The lowest BCUT2D eigenvalue weighted by Crippen LogP contribution is -2.48. The van der Waals surface area contributed by atoms with Crippen molar-refractivity contribution in [3.63, 3.8) is 0 Å². The number of piperidine rings is 1. The van der Waals surface area contributed by atoms with E-state index in [2.05, 4.69) is 0 Å². The number of nitrogens with zero attached hydrogens (tertiary/aromatic N) is 1. The van der Waals surface area contributed by atoms with E-state index < -0.39 is 0 Å². The normalized spacial score (nSPS) is 21.7. The lowest BCUT2D eigenvalue weighted by atomic mass is 10.0. The van der Waals surface area contributed by atoms with E-state index in [4.69, 9.17) is 10.5 Å². The predicted molar refractivity (Wildman–Crippen MR) is 59.5 cm³/mol. The second-order valence-electron chi connectivity index (χ2n) is 4.03. The van der Waals surface area contributed by atoms with Gasteiger partial charge in [0.2, 0.25) is 5.91 Å². The lowest BCUT2D eigenvalue weighted by molar-refractivity contribution is -0.139. The number of rotatable bonds is 5. The Labute approximate surface area is 91.8 Å². The first-order valence-electron chi connectivity index (χ1n) is 5.86. The number of carbonyl (C=O) groups is 1. The molecule has 15 heavy (non-hydrogen) atoms. The summed E-state index contributed by atoms with van der Waals surface area (Å²) in [6, 6.07) is 0.233. The fourth-order valence-corrected chi connectivity index (χ4v) is 1.96. The molecule has 1 saturated heterocycles. The minimum atomic E-state index is 0.0959. The molecule has 0 aliphatic carbocycles. The van der Waals surface area contributed by atoms with Crippen LogP contribution >= 0.6 is 0 Å². The maximum Gasteiger partial charge on any atom is 0.248 e. The summed E-state index contributed by atoms with van der Waals surface area (Å²) < 4.78 is 5.26. The first-order chi connectivity index (χ1) is 7.29. The molecule has 1 heterocycles. The summed E-state index contributed by atoms with van der Waals surface area (Å²) in [6.07, 6.45) is 4.26. The topological polar surface area (TPSA) is 55.6 Å². The second-order valence-corrected chi connectivity index (χ2v) is 4.03. The zero-order valence-electron chi connectivity index (χ0n) is 9.58. The molecule has 4 nitrogen and oxygen atoms in total. The average Bonchev–Trinajstić information content (AvgIpc) is 2.29. The van der Waals surface area contributed by atoms with Gasteiger partial charge in [-0.05, 0) is 25.7 Å². The van der Waals surface area contributed by atoms with Crippen LogP contribution in [0.4, 0.5) is 0 Å². The number of ether oxygens (including phenoxy) is 1.